The molecule has 0 aliphatic heterocycles. The number of esters is 1. The fourth-order valence-electron chi connectivity index (χ4n) is 0.442. The predicted octanol–water partition coefficient (Wildman–Crippen LogP) is 0.384. The molecule has 0 saturated carbocycles. The smallest absolute Gasteiger partial charge is 0.308 e. The second-order valence-electron chi connectivity index (χ2n) is 1.83. The summed E-state index contributed by atoms with van der Waals surface area (Å²) in [4.78, 5) is 20.3. The van der Waals surface area contributed by atoms with Gasteiger partial charge in [0.15, 0.2) is 0 Å². The van der Waals surface area contributed by atoms with E-state index < -0.39 is 0 Å². The van der Waals surface area contributed by atoms with Crippen LogP contribution < -0.4 is 0 Å². The molecule has 0 aliphatic carbocycles. The zero-order valence-electron chi connectivity index (χ0n) is 5.59. The van der Waals surface area contributed by atoms with Crippen molar-refractivity contribution < 1.29 is 14.3 Å². The lowest BCUT2D eigenvalue weighted by molar-refractivity contribution is -0.145. The van der Waals surface area contributed by atoms with Crippen LogP contribution in [0.4, 0.5) is 0 Å². The summed E-state index contributed by atoms with van der Waals surface area (Å²) in [5, 5.41) is 0. The lowest BCUT2D eigenvalue weighted by Gasteiger charge is -2.02. The van der Waals surface area contributed by atoms with E-state index in [1.165, 1.54) is 7.11 Å². The molecule has 1 atom stereocenters. The van der Waals surface area contributed by atoms with E-state index in [9.17, 15) is 9.59 Å². The first-order valence-corrected chi connectivity index (χ1v) is 2.73. The van der Waals surface area contributed by atoms with Crippen molar-refractivity contribution in [2.45, 2.75) is 13.3 Å². The third kappa shape index (κ3) is 2.85. The van der Waals surface area contributed by atoms with E-state index in [1.54, 1.807) is 6.92 Å². The van der Waals surface area contributed by atoms with Crippen molar-refractivity contribution >= 4 is 12.3 Å². The minimum absolute atomic E-state index is 0.243. The zero-order valence-corrected chi connectivity index (χ0v) is 5.59. The Kier molecular flexibility index (Phi) is 3.67. The molecule has 0 aromatic heterocycles. The molecule has 0 aromatic rings. The molecule has 0 radical (unpaired) electrons. The zero-order chi connectivity index (χ0) is 7.28. The molecule has 0 N–H and O–H groups in total. The van der Waals surface area contributed by atoms with Crippen LogP contribution >= 0.6 is 0 Å². The Morgan fingerprint density at radius 2 is 2.33 bits per heavy atom. The third-order valence-corrected chi connectivity index (χ3v) is 1.05. The summed E-state index contributed by atoms with van der Waals surface area (Å²) in [6, 6.07) is 0. The van der Waals surface area contributed by atoms with Crippen LogP contribution in [0.25, 0.3) is 0 Å². The van der Waals surface area contributed by atoms with Crippen molar-refractivity contribution in [1.82, 2.24) is 0 Å². The molecule has 3 heteroatoms. The molecule has 0 fully saturated rings. The Hall–Kier alpha value is -0.860. The van der Waals surface area contributed by atoms with Gasteiger partial charge in [0.25, 0.3) is 0 Å². The van der Waals surface area contributed by atoms with Crippen molar-refractivity contribution in [2.24, 2.45) is 5.92 Å². The van der Waals surface area contributed by atoms with Crippen LogP contribution in [-0.4, -0.2) is 19.4 Å². The van der Waals surface area contributed by atoms with Crippen molar-refractivity contribution in [1.29, 1.82) is 0 Å². The maximum Gasteiger partial charge on any atom is 0.308 e. The van der Waals surface area contributed by atoms with Gasteiger partial charge in [-0.2, -0.15) is 0 Å². The van der Waals surface area contributed by atoms with Crippen LogP contribution in [0.3, 0.4) is 0 Å². The summed E-state index contributed by atoms with van der Waals surface area (Å²) in [7, 11) is 1.31. The van der Waals surface area contributed by atoms with Crippen LogP contribution in [0, 0.1) is 5.92 Å². The minimum Gasteiger partial charge on any atom is -0.469 e. The van der Waals surface area contributed by atoms with E-state index in [0.29, 0.717) is 6.29 Å². The number of carbonyl (C=O) groups is 2. The van der Waals surface area contributed by atoms with Crippen molar-refractivity contribution in [2.75, 3.05) is 7.11 Å². The molecule has 9 heavy (non-hydrogen) atoms. The van der Waals surface area contributed by atoms with Crippen molar-refractivity contribution in [3.8, 4) is 0 Å². The number of ether oxygens (including phenoxy) is 1. The van der Waals surface area contributed by atoms with Gasteiger partial charge in [-0.25, -0.2) is 0 Å². The number of hydrogen-bond acceptors (Lipinski definition) is 3. The Labute approximate surface area is 54.0 Å². The van der Waals surface area contributed by atoms with Crippen molar-refractivity contribution in [3.05, 3.63) is 0 Å². The monoisotopic (exact) mass is 130 g/mol. The first-order valence-electron chi connectivity index (χ1n) is 2.73. The van der Waals surface area contributed by atoms with E-state index in [2.05, 4.69) is 4.74 Å². The quantitative estimate of drug-likeness (QED) is 0.410. The molecule has 0 saturated heterocycles. The molecule has 0 aromatic carbocycles. The number of methoxy groups -OCH3 is 1. The minimum atomic E-state index is -0.331. The van der Waals surface area contributed by atoms with E-state index >= 15 is 0 Å². The maximum atomic E-state index is 10.5. The third-order valence-electron chi connectivity index (χ3n) is 1.05. The maximum absolute atomic E-state index is 10.5. The highest BCUT2D eigenvalue weighted by molar-refractivity contribution is 5.74. The highest BCUT2D eigenvalue weighted by atomic mass is 16.5. The number of carbonyl (C=O) groups excluding carboxylic acids is 2. The van der Waals surface area contributed by atoms with Gasteiger partial charge in [0, 0.05) is 6.42 Å². The van der Waals surface area contributed by atoms with E-state index in [4.69, 9.17) is 0 Å². The lowest BCUT2D eigenvalue weighted by Crippen LogP contribution is -2.12. The molecule has 0 aliphatic rings. The van der Waals surface area contributed by atoms with Gasteiger partial charge < -0.3 is 9.53 Å². The predicted molar refractivity (Wildman–Crippen MR) is 31.9 cm³/mol. The molecule has 0 rings (SSSR count). The van der Waals surface area contributed by atoms with E-state index in [0.717, 1.165) is 0 Å². The Bertz CT molecular complexity index is 109. The molecular formula is C6H10O3. The molecule has 0 spiro atoms. The van der Waals surface area contributed by atoms with Gasteiger partial charge in [-0.1, -0.05) is 6.92 Å². The molecule has 0 heterocycles. The summed E-state index contributed by atoms with van der Waals surface area (Å²) in [5.41, 5.74) is 0. The summed E-state index contributed by atoms with van der Waals surface area (Å²) >= 11 is 0. The average Bonchev–Trinajstić information content (AvgIpc) is 1.87. The van der Waals surface area contributed by atoms with E-state index in [-0.39, 0.29) is 18.3 Å². The van der Waals surface area contributed by atoms with Gasteiger partial charge in [-0.3, -0.25) is 4.79 Å². The number of aldehydes is 1. The van der Waals surface area contributed by atoms with Gasteiger partial charge in [0.2, 0.25) is 0 Å². The Balaban J connectivity index is 3.58. The van der Waals surface area contributed by atoms with Crippen molar-refractivity contribution in [3.63, 3.8) is 0 Å². The molecule has 52 valence electrons. The fourth-order valence-corrected chi connectivity index (χ4v) is 0.442. The largest absolute Gasteiger partial charge is 0.469 e. The van der Waals surface area contributed by atoms with Crippen LogP contribution in [-0.2, 0) is 14.3 Å². The molecule has 0 unspecified atom stereocenters. The van der Waals surface area contributed by atoms with Gasteiger partial charge in [-0.15, -0.1) is 0 Å². The molecule has 3 nitrogen and oxygen atoms in total. The first kappa shape index (κ1) is 8.14. The highest BCUT2D eigenvalue weighted by Crippen LogP contribution is 1.99. The van der Waals surface area contributed by atoms with E-state index in [1.807, 2.05) is 0 Å². The van der Waals surface area contributed by atoms with Crippen LogP contribution in [0.2, 0.25) is 0 Å². The summed E-state index contributed by atoms with van der Waals surface area (Å²) < 4.78 is 4.37. The van der Waals surface area contributed by atoms with Gasteiger partial charge in [0.1, 0.15) is 6.29 Å². The summed E-state index contributed by atoms with van der Waals surface area (Å²) in [6.07, 6.45) is 0.953. The van der Waals surface area contributed by atoms with Crippen LogP contribution in [0.1, 0.15) is 13.3 Å². The van der Waals surface area contributed by atoms with Crippen LogP contribution in [0.15, 0.2) is 0 Å². The first-order chi connectivity index (χ1) is 4.22. The van der Waals surface area contributed by atoms with Crippen LogP contribution in [0.5, 0.6) is 0 Å². The number of hydrogen-bond donors (Lipinski definition) is 0. The molecule has 0 amide bonds. The number of rotatable bonds is 3. The highest BCUT2D eigenvalue weighted by Gasteiger charge is 2.10. The topological polar surface area (TPSA) is 43.4 Å². The van der Waals surface area contributed by atoms with Gasteiger partial charge in [0.05, 0.1) is 13.0 Å². The SMILES string of the molecule is COC(=O)[C@H](C)CC=O. The summed E-state index contributed by atoms with van der Waals surface area (Å²) in [6.45, 7) is 1.65. The lowest BCUT2D eigenvalue weighted by atomic mass is 10.1. The second-order valence-corrected chi connectivity index (χ2v) is 1.83. The second kappa shape index (κ2) is 4.06. The van der Waals surface area contributed by atoms with Gasteiger partial charge in [-0.05, 0) is 0 Å². The normalized spacial score (nSPS) is 12.2. The molecule has 0 bridgehead atoms. The van der Waals surface area contributed by atoms with Gasteiger partial charge >= 0.3 is 5.97 Å². The Morgan fingerprint density at radius 3 is 2.67 bits per heavy atom. The summed E-state index contributed by atoms with van der Waals surface area (Å²) in [5.74, 6) is -0.630. The standard InChI is InChI=1S/C6H10O3/c1-5(3-4-7)6(8)9-2/h4-5H,3H2,1-2H3/t5-/m1/s1. The fraction of sp³-hybridized carbons (Fsp3) is 0.667. The Morgan fingerprint density at radius 1 is 1.78 bits per heavy atom. The average molecular weight is 130 g/mol. The molecular weight excluding hydrogens is 120 g/mol.